The van der Waals surface area contributed by atoms with Gasteiger partial charge in [0.1, 0.15) is 11.5 Å². The summed E-state index contributed by atoms with van der Waals surface area (Å²) in [5.41, 5.74) is 1.06. The molecule has 0 radical (unpaired) electrons. The topological polar surface area (TPSA) is 84.9 Å². The van der Waals surface area contributed by atoms with Crippen LogP contribution in [0.3, 0.4) is 0 Å². The van der Waals surface area contributed by atoms with Crippen LogP contribution in [0.4, 0.5) is 5.69 Å². The third-order valence-electron chi connectivity index (χ3n) is 4.11. The number of methoxy groups -OCH3 is 2. The number of hydrogen-bond donors (Lipinski definition) is 1. The van der Waals surface area contributed by atoms with E-state index in [-0.39, 0.29) is 18.0 Å². The molecule has 0 spiro atoms. The fraction of sp³-hybridized carbons (Fsp3) is 0.316. The molecule has 0 aromatic heterocycles. The Morgan fingerprint density at radius 1 is 1.11 bits per heavy atom. The molecule has 152 valence electrons. The molecule has 28 heavy (non-hydrogen) atoms. The predicted molar refractivity (Wildman–Crippen MR) is 109 cm³/mol. The zero-order valence-electron chi connectivity index (χ0n) is 16.2. The molecule has 0 fully saturated rings. The molecule has 0 saturated carbocycles. The standard InChI is InChI=1S/C19H23ClN2O5S/c1-5-22(28(24,25)15-7-9-17(26-3)13(2)10-15)12-19(23)21-16-11-14(20)6-8-18(16)27-4/h6-11H,5,12H2,1-4H3,(H,21,23). The van der Waals surface area contributed by atoms with E-state index in [1.54, 1.807) is 32.0 Å². The third kappa shape index (κ3) is 4.95. The predicted octanol–water partition coefficient (Wildman–Crippen LogP) is 3.31. The maximum Gasteiger partial charge on any atom is 0.243 e. The number of anilines is 1. The molecule has 2 aromatic rings. The molecule has 1 amide bonds. The van der Waals surface area contributed by atoms with Gasteiger partial charge in [-0.15, -0.1) is 0 Å². The van der Waals surface area contributed by atoms with Crippen LogP contribution in [-0.4, -0.2) is 45.9 Å². The van der Waals surface area contributed by atoms with Gasteiger partial charge in [0, 0.05) is 11.6 Å². The number of sulfonamides is 1. The number of nitrogens with zero attached hydrogens (tertiary/aromatic N) is 1. The van der Waals surface area contributed by atoms with E-state index in [2.05, 4.69) is 5.32 Å². The van der Waals surface area contributed by atoms with Gasteiger partial charge in [-0.2, -0.15) is 4.31 Å². The number of rotatable bonds is 8. The minimum absolute atomic E-state index is 0.0980. The molecule has 2 aromatic carbocycles. The Balaban J connectivity index is 2.22. The van der Waals surface area contributed by atoms with Crippen LogP contribution in [0.1, 0.15) is 12.5 Å². The second kappa shape index (κ2) is 9.27. The number of aryl methyl sites for hydroxylation is 1. The number of nitrogens with one attached hydrogen (secondary N) is 1. The monoisotopic (exact) mass is 426 g/mol. The van der Waals surface area contributed by atoms with E-state index in [1.807, 2.05) is 0 Å². The van der Waals surface area contributed by atoms with E-state index >= 15 is 0 Å². The highest BCUT2D eigenvalue weighted by Gasteiger charge is 2.26. The quantitative estimate of drug-likeness (QED) is 0.699. The highest BCUT2D eigenvalue weighted by molar-refractivity contribution is 7.89. The van der Waals surface area contributed by atoms with Gasteiger partial charge in [-0.05, 0) is 48.9 Å². The van der Waals surface area contributed by atoms with Crippen LogP contribution in [0.25, 0.3) is 0 Å². The fourth-order valence-corrected chi connectivity index (χ4v) is 4.32. The molecule has 0 heterocycles. The van der Waals surface area contributed by atoms with Gasteiger partial charge in [0.05, 0.1) is 31.3 Å². The van der Waals surface area contributed by atoms with Crippen molar-refractivity contribution in [2.75, 3.05) is 32.6 Å². The molecule has 9 heteroatoms. The number of halogens is 1. The molecule has 0 unspecified atom stereocenters. The molecule has 1 N–H and O–H groups in total. The summed E-state index contributed by atoms with van der Waals surface area (Å²) in [7, 11) is -0.867. The van der Waals surface area contributed by atoms with Gasteiger partial charge in [-0.1, -0.05) is 18.5 Å². The van der Waals surface area contributed by atoms with Gasteiger partial charge in [0.15, 0.2) is 0 Å². The van der Waals surface area contributed by atoms with Crippen LogP contribution in [0, 0.1) is 6.92 Å². The maximum absolute atomic E-state index is 12.9. The summed E-state index contributed by atoms with van der Waals surface area (Å²) >= 11 is 5.96. The maximum atomic E-state index is 12.9. The Kier molecular flexibility index (Phi) is 7.29. The second-order valence-corrected chi connectivity index (χ2v) is 8.33. The zero-order valence-corrected chi connectivity index (χ0v) is 17.7. The molecule has 0 saturated heterocycles. The summed E-state index contributed by atoms with van der Waals surface area (Å²) in [6.07, 6.45) is 0. The highest BCUT2D eigenvalue weighted by Crippen LogP contribution is 2.28. The Morgan fingerprint density at radius 3 is 2.32 bits per heavy atom. The molecule has 2 rings (SSSR count). The van der Waals surface area contributed by atoms with E-state index < -0.39 is 15.9 Å². The Labute approximate surface area is 170 Å². The lowest BCUT2D eigenvalue weighted by atomic mass is 10.2. The van der Waals surface area contributed by atoms with Gasteiger partial charge >= 0.3 is 0 Å². The van der Waals surface area contributed by atoms with Gasteiger partial charge < -0.3 is 14.8 Å². The number of amides is 1. The summed E-state index contributed by atoms with van der Waals surface area (Å²) in [4.78, 5) is 12.6. The first-order valence-corrected chi connectivity index (χ1v) is 10.3. The summed E-state index contributed by atoms with van der Waals surface area (Å²) < 4.78 is 37.3. The highest BCUT2D eigenvalue weighted by atomic mass is 35.5. The van der Waals surface area contributed by atoms with Crippen molar-refractivity contribution in [1.82, 2.24) is 4.31 Å². The molecule has 0 atom stereocenters. The molecular formula is C19H23ClN2O5S. The minimum atomic E-state index is -3.85. The molecule has 0 aliphatic rings. The van der Waals surface area contributed by atoms with Crippen LogP contribution in [0.5, 0.6) is 11.5 Å². The van der Waals surface area contributed by atoms with Crippen molar-refractivity contribution in [3.05, 3.63) is 47.0 Å². The van der Waals surface area contributed by atoms with Gasteiger partial charge in [0.25, 0.3) is 0 Å². The van der Waals surface area contributed by atoms with Crippen LogP contribution < -0.4 is 14.8 Å². The first-order valence-electron chi connectivity index (χ1n) is 8.51. The van der Waals surface area contributed by atoms with E-state index in [0.29, 0.717) is 27.8 Å². The third-order valence-corrected chi connectivity index (χ3v) is 6.26. The smallest absolute Gasteiger partial charge is 0.243 e. The number of benzene rings is 2. The van der Waals surface area contributed by atoms with E-state index in [4.69, 9.17) is 21.1 Å². The molecule has 0 aliphatic heterocycles. The number of likely N-dealkylation sites (N-methyl/N-ethyl adjacent to an activating group) is 1. The summed E-state index contributed by atoms with van der Waals surface area (Å²) in [5, 5.41) is 3.07. The zero-order chi connectivity index (χ0) is 20.9. The summed E-state index contributed by atoms with van der Waals surface area (Å²) in [5.74, 6) is 0.512. The van der Waals surface area contributed by atoms with Crippen LogP contribution in [0.15, 0.2) is 41.3 Å². The lowest BCUT2D eigenvalue weighted by Crippen LogP contribution is -2.37. The second-order valence-electron chi connectivity index (χ2n) is 5.96. The number of ether oxygens (including phenoxy) is 2. The summed E-state index contributed by atoms with van der Waals surface area (Å²) in [6, 6.07) is 9.36. The number of carbonyl (C=O) groups is 1. The minimum Gasteiger partial charge on any atom is -0.496 e. The van der Waals surface area contributed by atoms with Crippen molar-refractivity contribution in [1.29, 1.82) is 0 Å². The van der Waals surface area contributed by atoms with E-state index in [0.717, 1.165) is 4.31 Å². The average Bonchev–Trinajstić information content (AvgIpc) is 2.66. The Hall–Kier alpha value is -2.29. The van der Waals surface area contributed by atoms with Gasteiger partial charge in [-0.3, -0.25) is 4.79 Å². The number of hydrogen-bond acceptors (Lipinski definition) is 5. The molecule has 0 bridgehead atoms. The van der Waals surface area contributed by atoms with Crippen LogP contribution >= 0.6 is 11.6 Å². The summed E-state index contributed by atoms with van der Waals surface area (Å²) in [6.45, 7) is 3.21. The SMILES string of the molecule is CCN(CC(=O)Nc1cc(Cl)ccc1OC)S(=O)(=O)c1ccc(OC)c(C)c1. The number of carbonyl (C=O) groups excluding carboxylic acids is 1. The largest absolute Gasteiger partial charge is 0.496 e. The van der Waals surface area contributed by atoms with E-state index in [1.165, 1.54) is 32.4 Å². The van der Waals surface area contributed by atoms with Gasteiger partial charge in [-0.25, -0.2) is 8.42 Å². The van der Waals surface area contributed by atoms with Crippen molar-refractivity contribution in [2.45, 2.75) is 18.7 Å². The average molecular weight is 427 g/mol. The molecular weight excluding hydrogens is 404 g/mol. The van der Waals surface area contributed by atoms with Crippen molar-refractivity contribution >= 4 is 33.2 Å². The Bertz CT molecular complexity index is 963. The van der Waals surface area contributed by atoms with Crippen molar-refractivity contribution < 1.29 is 22.7 Å². The fourth-order valence-electron chi connectivity index (χ4n) is 2.65. The first-order chi connectivity index (χ1) is 13.2. The van der Waals surface area contributed by atoms with Crippen molar-refractivity contribution in [3.63, 3.8) is 0 Å². The Morgan fingerprint density at radius 2 is 1.75 bits per heavy atom. The van der Waals surface area contributed by atoms with Crippen LogP contribution in [0.2, 0.25) is 5.02 Å². The molecule has 0 aliphatic carbocycles. The van der Waals surface area contributed by atoms with E-state index in [9.17, 15) is 13.2 Å². The van der Waals surface area contributed by atoms with Crippen molar-refractivity contribution in [2.24, 2.45) is 0 Å². The van der Waals surface area contributed by atoms with Gasteiger partial charge in [0.2, 0.25) is 15.9 Å². The lowest BCUT2D eigenvalue weighted by molar-refractivity contribution is -0.116. The van der Waals surface area contributed by atoms with Crippen LogP contribution in [-0.2, 0) is 14.8 Å². The molecule has 7 nitrogen and oxygen atoms in total. The first kappa shape index (κ1) is 22.0. The lowest BCUT2D eigenvalue weighted by Gasteiger charge is -2.21. The normalized spacial score (nSPS) is 11.4. The van der Waals surface area contributed by atoms with Crippen molar-refractivity contribution in [3.8, 4) is 11.5 Å².